The minimum atomic E-state index is -0.749. The Morgan fingerprint density at radius 2 is 2.00 bits per heavy atom. The monoisotopic (exact) mass is 474 g/mol. The molecule has 0 spiro atoms. The van der Waals surface area contributed by atoms with Crippen molar-refractivity contribution in [1.82, 2.24) is 9.55 Å². The second kappa shape index (κ2) is 10.9. The molecule has 3 N–H and O–H groups in total. The van der Waals surface area contributed by atoms with Gasteiger partial charge in [-0.15, -0.1) is 0 Å². The van der Waals surface area contributed by atoms with E-state index in [-0.39, 0.29) is 37.1 Å². The third-order valence-electron chi connectivity index (χ3n) is 5.09. The van der Waals surface area contributed by atoms with E-state index >= 15 is 0 Å². The van der Waals surface area contributed by atoms with Crippen molar-refractivity contribution in [3.63, 3.8) is 0 Å². The highest BCUT2D eigenvalue weighted by Crippen LogP contribution is 2.40. The van der Waals surface area contributed by atoms with E-state index in [4.69, 9.17) is 24.7 Å². The quantitative estimate of drug-likeness (QED) is 0.518. The summed E-state index contributed by atoms with van der Waals surface area (Å²) in [5, 5.41) is 0. The fraction of sp³-hybridized carbons (Fsp3) is 0.435. The van der Waals surface area contributed by atoms with Gasteiger partial charge in [-0.05, 0) is 29.7 Å². The summed E-state index contributed by atoms with van der Waals surface area (Å²) in [6.45, 7) is 5.13. The van der Waals surface area contributed by atoms with Crippen LogP contribution in [0, 0.1) is 5.92 Å². The van der Waals surface area contributed by atoms with Gasteiger partial charge in [0, 0.05) is 26.3 Å². The van der Waals surface area contributed by atoms with E-state index in [9.17, 15) is 14.4 Å². The van der Waals surface area contributed by atoms with Crippen LogP contribution < -0.4 is 36.1 Å². The topological polar surface area (TPSA) is 138 Å². The van der Waals surface area contributed by atoms with Crippen LogP contribution in [0.3, 0.4) is 0 Å². The Bertz CT molecular complexity index is 1170. The van der Waals surface area contributed by atoms with E-state index in [1.165, 1.54) is 29.8 Å². The molecule has 11 heteroatoms. The van der Waals surface area contributed by atoms with Crippen LogP contribution in [0.5, 0.6) is 17.2 Å². The highest BCUT2D eigenvalue weighted by Gasteiger charge is 2.23. The predicted octanol–water partition coefficient (Wildman–Crippen LogP) is 1.25. The van der Waals surface area contributed by atoms with Gasteiger partial charge in [-0.25, -0.2) is 4.79 Å². The van der Waals surface area contributed by atoms with E-state index in [2.05, 4.69) is 4.98 Å². The van der Waals surface area contributed by atoms with E-state index in [0.717, 1.165) is 0 Å². The molecule has 1 aliphatic rings. The number of ether oxygens (including phenoxy) is 4. The van der Waals surface area contributed by atoms with Crippen molar-refractivity contribution in [2.45, 2.75) is 20.4 Å². The first-order valence-electron chi connectivity index (χ1n) is 10.9. The maximum absolute atomic E-state index is 13.2. The van der Waals surface area contributed by atoms with Gasteiger partial charge < -0.3 is 24.7 Å². The van der Waals surface area contributed by atoms with Crippen molar-refractivity contribution in [3.8, 4) is 17.2 Å². The number of carbonyl (C=O) groups excluding carboxylic acids is 1. The van der Waals surface area contributed by atoms with E-state index in [1.54, 1.807) is 18.2 Å². The number of aromatic nitrogens is 2. The zero-order valence-electron chi connectivity index (χ0n) is 19.8. The van der Waals surface area contributed by atoms with Crippen LogP contribution in [-0.2, 0) is 16.1 Å². The van der Waals surface area contributed by atoms with E-state index in [0.29, 0.717) is 36.0 Å². The number of anilines is 2. The van der Waals surface area contributed by atoms with Crippen molar-refractivity contribution >= 4 is 23.5 Å². The second-order valence-corrected chi connectivity index (χ2v) is 8.06. The fourth-order valence-electron chi connectivity index (χ4n) is 3.55. The van der Waals surface area contributed by atoms with Gasteiger partial charge in [0.05, 0.1) is 13.7 Å². The number of hydrogen-bond donors (Lipinski definition) is 2. The van der Waals surface area contributed by atoms with Crippen molar-refractivity contribution in [2.24, 2.45) is 5.92 Å². The Hall–Kier alpha value is -3.73. The van der Waals surface area contributed by atoms with Gasteiger partial charge >= 0.3 is 5.69 Å². The molecule has 3 rings (SSSR count). The molecule has 2 heterocycles. The molecule has 0 fully saturated rings. The number of carbonyl (C=O) groups is 1. The van der Waals surface area contributed by atoms with Crippen molar-refractivity contribution in [3.05, 3.63) is 44.6 Å². The zero-order chi connectivity index (χ0) is 24.8. The molecule has 0 saturated heterocycles. The molecule has 1 aliphatic heterocycles. The van der Waals surface area contributed by atoms with Crippen molar-refractivity contribution in [1.29, 1.82) is 0 Å². The number of fused-ring (bicyclic) bond motifs is 1. The lowest BCUT2D eigenvalue weighted by atomic mass is 10.1. The number of nitrogens with two attached hydrogens (primary N) is 1. The van der Waals surface area contributed by atoms with Crippen LogP contribution in [-0.4, -0.2) is 56.0 Å². The summed E-state index contributed by atoms with van der Waals surface area (Å²) < 4.78 is 23.0. The third kappa shape index (κ3) is 5.42. The summed E-state index contributed by atoms with van der Waals surface area (Å²) in [6, 6.07) is 3.44. The highest BCUT2D eigenvalue weighted by molar-refractivity contribution is 6.05. The van der Waals surface area contributed by atoms with Crippen LogP contribution in [0.1, 0.15) is 19.4 Å². The van der Waals surface area contributed by atoms with Gasteiger partial charge in [0.1, 0.15) is 19.0 Å². The third-order valence-corrected chi connectivity index (χ3v) is 5.09. The smallest absolute Gasteiger partial charge is 0.330 e. The summed E-state index contributed by atoms with van der Waals surface area (Å²) in [5.74, 6) is 0.981. The first-order valence-corrected chi connectivity index (χ1v) is 10.9. The van der Waals surface area contributed by atoms with Gasteiger partial charge in [0.25, 0.3) is 11.5 Å². The van der Waals surface area contributed by atoms with E-state index < -0.39 is 17.2 Å². The van der Waals surface area contributed by atoms with Crippen LogP contribution in [0.2, 0.25) is 0 Å². The Balaban J connectivity index is 1.98. The Kier molecular flexibility index (Phi) is 8.00. The number of nitrogens with zero attached hydrogens (tertiary/aromatic N) is 2. The molecule has 2 aromatic rings. The van der Waals surface area contributed by atoms with Crippen molar-refractivity contribution < 1.29 is 23.7 Å². The predicted molar refractivity (Wildman–Crippen MR) is 128 cm³/mol. The number of benzene rings is 1. The van der Waals surface area contributed by atoms with Gasteiger partial charge in [0.15, 0.2) is 17.2 Å². The minimum absolute atomic E-state index is 0.0529. The van der Waals surface area contributed by atoms with Crippen LogP contribution in [0.4, 0.5) is 11.5 Å². The molecular weight excluding hydrogens is 444 g/mol. The van der Waals surface area contributed by atoms with E-state index in [1.807, 2.05) is 13.8 Å². The maximum Gasteiger partial charge on any atom is 0.330 e. The number of hydrogen-bond acceptors (Lipinski definition) is 8. The number of amides is 1. The number of aromatic amines is 1. The minimum Gasteiger partial charge on any atom is -0.493 e. The Morgan fingerprint density at radius 1 is 1.26 bits per heavy atom. The normalized spacial score (nSPS) is 12.9. The molecule has 1 amide bonds. The van der Waals surface area contributed by atoms with Crippen LogP contribution in [0.25, 0.3) is 6.08 Å². The molecule has 11 nitrogen and oxygen atoms in total. The summed E-state index contributed by atoms with van der Waals surface area (Å²) in [6.07, 6.45) is 2.87. The largest absolute Gasteiger partial charge is 0.493 e. The van der Waals surface area contributed by atoms with Gasteiger partial charge in [-0.2, -0.15) is 0 Å². The molecule has 184 valence electrons. The first-order chi connectivity index (χ1) is 16.3. The second-order valence-electron chi connectivity index (χ2n) is 8.06. The number of nitrogen functional groups attached to an aromatic ring is 1. The first kappa shape index (κ1) is 24.9. The summed E-state index contributed by atoms with van der Waals surface area (Å²) in [7, 11) is 2.99. The molecule has 1 aromatic carbocycles. The number of rotatable bonds is 9. The zero-order valence-corrected chi connectivity index (χ0v) is 19.8. The Morgan fingerprint density at radius 3 is 2.68 bits per heavy atom. The maximum atomic E-state index is 13.2. The summed E-state index contributed by atoms with van der Waals surface area (Å²) >= 11 is 0. The lowest BCUT2D eigenvalue weighted by Crippen LogP contribution is -2.42. The molecular formula is C23H30N4O7. The lowest BCUT2D eigenvalue weighted by molar-refractivity contribution is -0.114. The lowest BCUT2D eigenvalue weighted by Gasteiger charge is -2.23. The molecule has 0 atom stereocenters. The van der Waals surface area contributed by atoms with Crippen LogP contribution >= 0.6 is 0 Å². The molecule has 34 heavy (non-hydrogen) atoms. The van der Waals surface area contributed by atoms with Gasteiger partial charge in [-0.3, -0.25) is 24.0 Å². The summed E-state index contributed by atoms with van der Waals surface area (Å²) in [4.78, 5) is 41.6. The SMILES string of the molecule is COCCN(C(=O)/C=C/c1cc(OC)c2c(c1)OCCO2)c1c(N)n(CC(C)C)c(=O)[nH]c1=O. The van der Waals surface area contributed by atoms with Gasteiger partial charge in [0.2, 0.25) is 5.75 Å². The highest BCUT2D eigenvalue weighted by atomic mass is 16.6. The molecule has 0 saturated carbocycles. The molecule has 1 aromatic heterocycles. The summed E-state index contributed by atoms with van der Waals surface area (Å²) in [5.41, 5.74) is 5.35. The molecule has 0 aliphatic carbocycles. The molecule has 0 radical (unpaired) electrons. The van der Waals surface area contributed by atoms with Gasteiger partial charge in [-0.1, -0.05) is 13.8 Å². The average molecular weight is 475 g/mol. The van der Waals surface area contributed by atoms with Crippen molar-refractivity contribution in [2.75, 3.05) is 51.2 Å². The van der Waals surface area contributed by atoms with Crippen LogP contribution in [0.15, 0.2) is 27.8 Å². The number of nitrogens with one attached hydrogen (secondary N) is 1. The average Bonchev–Trinajstić information content (AvgIpc) is 2.81. The number of H-pyrrole nitrogens is 1. The Labute approximate surface area is 196 Å². The standard InChI is InChI=1S/C23H30N4O7/c1-14(2)13-27-21(24)19(22(29)25-23(27)30)26(7-8-31-3)18(28)6-5-15-11-16(32-4)20-17(12-15)33-9-10-34-20/h5-6,11-12,14H,7-10,13,24H2,1-4H3,(H,25,29,30)/b6-5+. The molecule has 0 unspecified atom stereocenters. The molecule has 0 bridgehead atoms. The fourth-order valence-corrected chi connectivity index (χ4v) is 3.55. The number of methoxy groups -OCH3 is 2.